The number of methoxy groups -OCH3 is 1. The van der Waals surface area contributed by atoms with Crippen LogP contribution in [0.2, 0.25) is 0 Å². The molecule has 0 radical (unpaired) electrons. The van der Waals surface area contributed by atoms with E-state index in [2.05, 4.69) is 15.5 Å². The Hall–Kier alpha value is -1.01. The second kappa shape index (κ2) is 3.80. The summed E-state index contributed by atoms with van der Waals surface area (Å²) in [5, 5.41) is 11.2. The van der Waals surface area contributed by atoms with Crippen molar-refractivity contribution in [2.24, 2.45) is 5.73 Å². The molecule has 1 aromatic rings. The molecule has 74 valence electrons. The van der Waals surface area contributed by atoms with Crippen LogP contribution in [0.15, 0.2) is 0 Å². The molecular formula is C7H15N5O. The van der Waals surface area contributed by atoms with Gasteiger partial charge in [-0.1, -0.05) is 0 Å². The average Bonchev–Trinajstić information content (AvgIpc) is 2.51. The van der Waals surface area contributed by atoms with Gasteiger partial charge in [-0.05, 0) is 24.3 Å². The van der Waals surface area contributed by atoms with Crippen LogP contribution in [-0.2, 0) is 16.8 Å². The Bertz CT molecular complexity index is 270. The van der Waals surface area contributed by atoms with E-state index in [1.807, 2.05) is 13.8 Å². The number of tetrazole rings is 1. The van der Waals surface area contributed by atoms with Gasteiger partial charge in [0.1, 0.15) is 0 Å². The molecule has 0 fully saturated rings. The largest absolute Gasteiger partial charge is 0.382 e. The Labute approximate surface area is 77.1 Å². The summed E-state index contributed by atoms with van der Waals surface area (Å²) in [7, 11) is 1.65. The van der Waals surface area contributed by atoms with E-state index in [9.17, 15) is 0 Å². The molecule has 0 saturated carbocycles. The van der Waals surface area contributed by atoms with Crippen LogP contribution < -0.4 is 5.73 Å². The van der Waals surface area contributed by atoms with Crippen LogP contribution in [0.5, 0.6) is 0 Å². The number of hydrogen-bond acceptors (Lipinski definition) is 5. The fourth-order valence-corrected chi connectivity index (χ4v) is 1.22. The standard InChI is InChI=1S/C7H15N5O/c1-7(2,5-13-3)12-6(4-8)9-10-11-12/h4-5,8H2,1-3H3. The van der Waals surface area contributed by atoms with Crippen LogP contribution in [0.25, 0.3) is 0 Å². The first kappa shape index (κ1) is 10.1. The molecule has 0 saturated heterocycles. The third-order valence-electron chi connectivity index (χ3n) is 1.79. The second-order valence-corrected chi connectivity index (χ2v) is 3.46. The Balaban J connectivity index is 2.91. The van der Waals surface area contributed by atoms with E-state index >= 15 is 0 Å². The maximum absolute atomic E-state index is 5.48. The molecular weight excluding hydrogens is 170 g/mol. The molecule has 0 atom stereocenters. The summed E-state index contributed by atoms with van der Waals surface area (Å²) in [4.78, 5) is 0. The highest BCUT2D eigenvalue weighted by Crippen LogP contribution is 2.14. The Morgan fingerprint density at radius 3 is 2.77 bits per heavy atom. The number of ether oxygens (including phenoxy) is 1. The molecule has 0 bridgehead atoms. The SMILES string of the molecule is COCC(C)(C)n1nnnc1CN. The molecule has 0 aliphatic rings. The molecule has 13 heavy (non-hydrogen) atoms. The van der Waals surface area contributed by atoms with Gasteiger partial charge in [-0.3, -0.25) is 0 Å². The zero-order chi connectivity index (χ0) is 9.90. The summed E-state index contributed by atoms with van der Waals surface area (Å²) in [5.41, 5.74) is 5.23. The molecule has 0 aliphatic heterocycles. The fraction of sp³-hybridized carbons (Fsp3) is 0.857. The summed E-state index contributed by atoms with van der Waals surface area (Å²) in [6, 6.07) is 0. The van der Waals surface area contributed by atoms with Crippen molar-refractivity contribution in [2.75, 3.05) is 13.7 Å². The van der Waals surface area contributed by atoms with Crippen LogP contribution in [0.1, 0.15) is 19.7 Å². The van der Waals surface area contributed by atoms with Gasteiger partial charge in [-0.25, -0.2) is 4.68 Å². The topological polar surface area (TPSA) is 78.8 Å². The highest BCUT2D eigenvalue weighted by atomic mass is 16.5. The van der Waals surface area contributed by atoms with Gasteiger partial charge in [0.25, 0.3) is 0 Å². The summed E-state index contributed by atoms with van der Waals surface area (Å²) in [6.07, 6.45) is 0. The molecule has 0 spiro atoms. The van der Waals surface area contributed by atoms with Gasteiger partial charge in [0.15, 0.2) is 5.82 Å². The molecule has 1 aromatic heterocycles. The number of aromatic nitrogens is 4. The molecule has 1 heterocycles. The van der Waals surface area contributed by atoms with E-state index in [0.29, 0.717) is 19.0 Å². The maximum atomic E-state index is 5.48. The second-order valence-electron chi connectivity index (χ2n) is 3.46. The minimum atomic E-state index is -0.257. The van der Waals surface area contributed by atoms with E-state index in [1.54, 1.807) is 11.8 Å². The predicted molar refractivity (Wildman–Crippen MR) is 46.9 cm³/mol. The molecule has 0 aromatic carbocycles. The zero-order valence-electron chi connectivity index (χ0n) is 8.19. The molecule has 2 N–H and O–H groups in total. The van der Waals surface area contributed by atoms with Gasteiger partial charge >= 0.3 is 0 Å². The van der Waals surface area contributed by atoms with Crippen LogP contribution in [-0.4, -0.2) is 33.9 Å². The fourth-order valence-electron chi connectivity index (χ4n) is 1.22. The van der Waals surface area contributed by atoms with E-state index in [0.717, 1.165) is 0 Å². The van der Waals surface area contributed by atoms with Crippen molar-refractivity contribution in [2.45, 2.75) is 25.9 Å². The number of nitrogens with zero attached hydrogens (tertiary/aromatic N) is 4. The lowest BCUT2D eigenvalue weighted by Gasteiger charge is -2.24. The summed E-state index contributed by atoms with van der Waals surface area (Å²) in [6.45, 7) is 4.86. The lowest BCUT2D eigenvalue weighted by Crippen LogP contribution is -2.34. The van der Waals surface area contributed by atoms with Gasteiger partial charge in [-0.15, -0.1) is 5.10 Å². The summed E-state index contributed by atoms with van der Waals surface area (Å²) >= 11 is 0. The van der Waals surface area contributed by atoms with Gasteiger partial charge < -0.3 is 10.5 Å². The van der Waals surface area contributed by atoms with Crippen molar-refractivity contribution in [3.05, 3.63) is 5.82 Å². The summed E-state index contributed by atoms with van der Waals surface area (Å²) < 4.78 is 6.76. The third-order valence-corrected chi connectivity index (χ3v) is 1.79. The monoisotopic (exact) mass is 185 g/mol. The number of hydrogen-bond donors (Lipinski definition) is 1. The van der Waals surface area contributed by atoms with Crippen molar-refractivity contribution < 1.29 is 4.74 Å². The minimum absolute atomic E-state index is 0.257. The van der Waals surface area contributed by atoms with Crippen molar-refractivity contribution in [3.63, 3.8) is 0 Å². The number of nitrogens with two attached hydrogens (primary N) is 1. The summed E-state index contributed by atoms with van der Waals surface area (Å²) in [5.74, 6) is 0.669. The van der Waals surface area contributed by atoms with Gasteiger partial charge in [0.2, 0.25) is 0 Å². The zero-order valence-corrected chi connectivity index (χ0v) is 8.19. The van der Waals surface area contributed by atoms with Crippen molar-refractivity contribution in [3.8, 4) is 0 Å². The van der Waals surface area contributed by atoms with Crippen molar-refractivity contribution in [1.29, 1.82) is 0 Å². The highest BCUT2D eigenvalue weighted by Gasteiger charge is 2.24. The van der Waals surface area contributed by atoms with E-state index < -0.39 is 0 Å². The molecule has 0 amide bonds. The van der Waals surface area contributed by atoms with Crippen LogP contribution in [0, 0.1) is 0 Å². The molecule has 0 unspecified atom stereocenters. The molecule has 0 aliphatic carbocycles. The molecule has 6 heteroatoms. The van der Waals surface area contributed by atoms with Crippen molar-refractivity contribution >= 4 is 0 Å². The van der Waals surface area contributed by atoms with Crippen LogP contribution in [0.3, 0.4) is 0 Å². The van der Waals surface area contributed by atoms with Gasteiger partial charge in [0, 0.05) is 7.11 Å². The minimum Gasteiger partial charge on any atom is -0.382 e. The predicted octanol–water partition coefficient (Wildman–Crippen LogP) is -0.487. The Kier molecular flexibility index (Phi) is 2.94. The third kappa shape index (κ3) is 2.02. The smallest absolute Gasteiger partial charge is 0.165 e. The normalized spacial score (nSPS) is 12.0. The Morgan fingerprint density at radius 1 is 1.54 bits per heavy atom. The van der Waals surface area contributed by atoms with Crippen molar-refractivity contribution in [1.82, 2.24) is 20.2 Å². The Morgan fingerprint density at radius 2 is 2.23 bits per heavy atom. The first-order valence-corrected chi connectivity index (χ1v) is 4.08. The first-order valence-electron chi connectivity index (χ1n) is 4.08. The van der Waals surface area contributed by atoms with Gasteiger partial charge in [0.05, 0.1) is 18.7 Å². The molecule has 1 rings (SSSR count). The van der Waals surface area contributed by atoms with Crippen LogP contribution >= 0.6 is 0 Å². The highest BCUT2D eigenvalue weighted by molar-refractivity contribution is 4.87. The van der Waals surface area contributed by atoms with E-state index in [1.165, 1.54) is 0 Å². The average molecular weight is 185 g/mol. The maximum Gasteiger partial charge on any atom is 0.165 e. The van der Waals surface area contributed by atoms with E-state index in [-0.39, 0.29) is 5.54 Å². The van der Waals surface area contributed by atoms with Crippen LogP contribution in [0.4, 0.5) is 0 Å². The van der Waals surface area contributed by atoms with E-state index in [4.69, 9.17) is 10.5 Å². The molecule has 6 nitrogen and oxygen atoms in total. The quantitative estimate of drug-likeness (QED) is 0.685. The number of rotatable bonds is 4. The lowest BCUT2D eigenvalue weighted by atomic mass is 10.1. The van der Waals surface area contributed by atoms with Gasteiger partial charge in [-0.2, -0.15) is 0 Å². The first-order chi connectivity index (χ1) is 6.11. The lowest BCUT2D eigenvalue weighted by molar-refractivity contribution is 0.0978.